The summed E-state index contributed by atoms with van der Waals surface area (Å²) < 4.78 is 10.5. The standard InChI is InChI=1S/C16H19N3O5/c1-5-19(15(22)24-16(2,3)4)12-8-10(6-7-17-12)13-18-11(9-23-13)14(20)21/h6-9H,5H2,1-4H3,(H,20,21). The van der Waals surface area contributed by atoms with Gasteiger partial charge in [0, 0.05) is 18.3 Å². The van der Waals surface area contributed by atoms with Crippen molar-refractivity contribution in [3.8, 4) is 11.5 Å². The van der Waals surface area contributed by atoms with E-state index in [-0.39, 0.29) is 11.6 Å². The van der Waals surface area contributed by atoms with Gasteiger partial charge < -0.3 is 14.3 Å². The smallest absolute Gasteiger partial charge is 0.415 e. The van der Waals surface area contributed by atoms with E-state index >= 15 is 0 Å². The van der Waals surface area contributed by atoms with Gasteiger partial charge in [0.15, 0.2) is 5.69 Å². The first-order valence-corrected chi connectivity index (χ1v) is 7.37. The fraction of sp³-hybridized carbons (Fsp3) is 0.375. The molecule has 0 aliphatic heterocycles. The van der Waals surface area contributed by atoms with Crippen LogP contribution in [0.4, 0.5) is 10.6 Å². The molecule has 24 heavy (non-hydrogen) atoms. The lowest BCUT2D eigenvalue weighted by Gasteiger charge is -2.26. The molecular weight excluding hydrogens is 314 g/mol. The largest absolute Gasteiger partial charge is 0.476 e. The average molecular weight is 333 g/mol. The van der Waals surface area contributed by atoms with Crippen molar-refractivity contribution in [3.05, 3.63) is 30.3 Å². The highest BCUT2D eigenvalue weighted by molar-refractivity contribution is 5.88. The van der Waals surface area contributed by atoms with Gasteiger partial charge in [-0.15, -0.1) is 0 Å². The number of rotatable bonds is 4. The number of hydrogen-bond acceptors (Lipinski definition) is 6. The number of aromatic nitrogens is 2. The summed E-state index contributed by atoms with van der Waals surface area (Å²) in [5.41, 5.74) is -0.307. The lowest BCUT2D eigenvalue weighted by molar-refractivity contribution is 0.0580. The van der Waals surface area contributed by atoms with Gasteiger partial charge >= 0.3 is 12.1 Å². The van der Waals surface area contributed by atoms with Gasteiger partial charge in [-0.1, -0.05) is 0 Å². The highest BCUT2D eigenvalue weighted by atomic mass is 16.6. The van der Waals surface area contributed by atoms with Crippen molar-refractivity contribution >= 4 is 17.9 Å². The molecule has 8 heteroatoms. The molecule has 0 radical (unpaired) electrons. The van der Waals surface area contributed by atoms with Crippen LogP contribution in [0.5, 0.6) is 0 Å². The van der Waals surface area contributed by atoms with E-state index in [1.165, 1.54) is 11.1 Å². The number of ether oxygens (including phenoxy) is 1. The Morgan fingerprint density at radius 1 is 1.38 bits per heavy atom. The third-order valence-electron chi connectivity index (χ3n) is 2.92. The van der Waals surface area contributed by atoms with Crippen molar-refractivity contribution in [2.45, 2.75) is 33.3 Å². The van der Waals surface area contributed by atoms with E-state index in [1.54, 1.807) is 39.8 Å². The lowest BCUT2D eigenvalue weighted by atomic mass is 10.2. The van der Waals surface area contributed by atoms with Crippen molar-refractivity contribution in [2.24, 2.45) is 0 Å². The molecule has 0 aliphatic carbocycles. The van der Waals surface area contributed by atoms with E-state index < -0.39 is 17.7 Å². The second kappa shape index (κ2) is 6.69. The number of oxazole rings is 1. The summed E-state index contributed by atoms with van der Waals surface area (Å²) >= 11 is 0. The molecule has 0 unspecified atom stereocenters. The second-order valence-electron chi connectivity index (χ2n) is 5.97. The summed E-state index contributed by atoms with van der Waals surface area (Å²) in [4.78, 5) is 32.6. The molecule has 128 valence electrons. The van der Waals surface area contributed by atoms with Crippen LogP contribution < -0.4 is 4.90 Å². The predicted molar refractivity (Wildman–Crippen MR) is 85.9 cm³/mol. The Hall–Kier alpha value is -2.90. The SMILES string of the molecule is CCN(C(=O)OC(C)(C)C)c1cc(-c2nc(C(=O)O)co2)ccn1. The first-order valence-electron chi connectivity index (χ1n) is 7.37. The molecular formula is C16H19N3O5. The minimum atomic E-state index is -1.18. The van der Waals surface area contributed by atoms with Crippen LogP contribution in [-0.4, -0.2) is 39.3 Å². The van der Waals surface area contributed by atoms with Gasteiger partial charge in [0.05, 0.1) is 0 Å². The zero-order valence-corrected chi connectivity index (χ0v) is 13.9. The monoisotopic (exact) mass is 333 g/mol. The van der Waals surface area contributed by atoms with Crippen LogP contribution in [0.2, 0.25) is 0 Å². The Labute approximate surface area is 139 Å². The number of carbonyl (C=O) groups excluding carboxylic acids is 1. The molecule has 0 spiro atoms. The van der Waals surface area contributed by atoms with Gasteiger partial charge in [-0.3, -0.25) is 4.90 Å². The lowest BCUT2D eigenvalue weighted by Crippen LogP contribution is -2.37. The molecule has 8 nitrogen and oxygen atoms in total. The molecule has 0 atom stereocenters. The number of amides is 1. The molecule has 1 N–H and O–H groups in total. The van der Waals surface area contributed by atoms with Gasteiger partial charge in [0.1, 0.15) is 17.7 Å². The minimum absolute atomic E-state index is 0.135. The molecule has 2 aromatic rings. The number of aromatic carboxylic acids is 1. The van der Waals surface area contributed by atoms with E-state index in [4.69, 9.17) is 14.3 Å². The Morgan fingerprint density at radius 3 is 2.62 bits per heavy atom. The normalized spacial score (nSPS) is 11.2. The molecule has 0 saturated heterocycles. The molecule has 2 rings (SSSR count). The number of nitrogens with zero attached hydrogens (tertiary/aromatic N) is 3. The van der Waals surface area contributed by atoms with E-state index in [1.807, 2.05) is 0 Å². The molecule has 2 heterocycles. The molecule has 0 aromatic carbocycles. The van der Waals surface area contributed by atoms with Crippen LogP contribution in [0.25, 0.3) is 11.5 Å². The highest BCUT2D eigenvalue weighted by Crippen LogP contribution is 2.23. The van der Waals surface area contributed by atoms with Crippen LogP contribution in [0.15, 0.2) is 29.0 Å². The minimum Gasteiger partial charge on any atom is -0.476 e. The van der Waals surface area contributed by atoms with Crippen LogP contribution >= 0.6 is 0 Å². The topological polar surface area (TPSA) is 106 Å². The number of hydrogen-bond donors (Lipinski definition) is 1. The van der Waals surface area contributed by atoms with Crippen molar-refractivity contribution in [1.82, 2.24) is 9.97 Å². The summed E-state index contributed by atoms with van der Waals surface area (Å²) in [6, 6.07) is 3.20. The fourth-order valence-electron chi connectivity index (χ4n) is 1.91. The Morgan fingerprint density at radius 2 is 2.08 bits per heavy atom. The number of carbonyl (C=O) groups is 2. The van der Waals surface area contributed by atoms with Gasteiger partial charge in [-0.2, -0.15) is 0 Å². The highest BCUT2D eigenvalue weighted by Gasteiger charge is 2.23. The number of anilines is 1. The molecule has 0 aliphatic rings. The van der Waals surface area contributed by atoms with E-state index in [9.17, 15) is 9.59 Å². The van der Waals surface area contributed by atoms with Crippen LogP contribution in [0, 0.1) is 0 Å². The molecule has 0 fully saturated rings. The van der Waals surface area contributed by atoms with Crippen molar-refractivity contribution in [1.29, 1.82) is 0 Å². The van der Waals surface area contributed by atoms with Crippen LogP contribution in [-0.2, 0) is 4.74 Å². The number of carboxylic acid groups (broad SMARTS) is 1. The van der Waals surface area contributed by atoms with Crippen LogP contribution in [0.1, 0.15) is 38.2 Å². The Balaban J connectivity index is 2.30. The maximum Gasteiger partial charge on any atom is 0.415 e. The average Bonchev–Trinajstić information content (AvgIpc) is 2.96. The Bertz CT molecular complexity index is 748. The Kier molecular flexibility index (Phi) is 4.87. The first-order chi connectivity index (χ1) is 11.2. The zero-order valence-electron chi connectivity index (χ0n) is 13.9. The summed E-state index contributed by atoms with van der Waals surface area (Å²) in [7, 11) is 0. The fourth-order valence-corrected chi connectivity index (χ4v) is 1.91. The van der Waals surface area contributed by atoms with E-state index in [0.717, 1.165) is 6.26 Å². The van der Waals surface area contributed by atoms with E-state index in [2.05, 4.69) is 9.97 Å². The summed E-state index contributed by atoms with van der Waals surface area (Å²) in [6.07, 6.45) is 2.03. The third kappa shape index (κ3) is 4.09. The van der Waals surface area contributed by atoms with Gasteiger partial charge in [-0.05, 0) is 39.8 Å². The molecule has 0 saturated carbocycles. The van der Waals surface area contributed by atoms with Crippen LogP contribution in [0.3, 0.4) is 0 Å². The number of carboxylic acids is 1. The van der Waals surface area contributed by atoms with Crippen molar-refractivity contribution in [3.63, 3.8) is 0 Å². The zero-order chi connectivity index (χ0) is 17.9. The third-order valence-corrected chi connectivity index (χ3v) is 2.92. The molecule has 0 bridgehead atoms. The maximum atomic E-state index is 12.3. The second-order valence-corrected chi connectivity index (χ2v) is 5.97. The first kappa shape index (κ1) is 17.5. The van der Waals surface area contributed by atoms with E-state index in [0.29, 0.717) is 17.9 Å². The summed E-state index contributed by atoms with van der Waals surface area (Å²) in [5, 5.41) is 8.90. The molecule has 2 aromatic heterocycles. The molecule has 1 amide bonds. The van der Waals surface area contributed by atoms with Gasteiger partial charge in [-0.25, -0.2) is 19.6 Å². The van der Waals surface area contributed by atoms with Gasteiger partial charge in [0.25, 0.3) is 0 Å². The maximum absolute atomic E-state index is 12.3. The van der Waals surface area contributed by atoms with Crippen molar-refractivity contribution < 1.29 is 23.8 Å². The predicted octanol–water partition coefficient (Wildman–Crippen LogP) is 3.20. The van der Waals surface area contributed by atoms with Gasteiger partial charge in [0.2, 0.25) is 5.89 Å². The number of pyridine rings is 1. The quantitative estimate of drug-likeness (QED) is 0.915. The summed E-state index contributed by atoms with van der Waals surface area (Å²) in [6.45, 7) is 7.50. The van der Waals surface area contributed by atoms with Crippen molar-refractivity contribution in [2.75, 3.05) is 11.4 Å². The summed E-state index contributed by atoms with van der Waals surface area (Å²) in [5.74, 6) is -0.682.